The number of nitrogens with one attached hydrogen (secondary N) is 1. The van der Waals surface area contributed by atoms with Crippen LogP contribution in [-0.2, 0) is 11.8 Å². The number of aromatic nitrogens is 2. The van der Waals surface area contributed by atoms with Crippen LogP contribution in [0.1, 0.15) is 33.3 Å². The summed E-state index contributed by atoms with van der Waals surface area (Å²) in [6, 6.07) is 6.74. The van der Waals surface area contributed by atoms with Crippen LogP contribution >= 0.6 is 0 Å². The third kappa shape index (κ3) is 3.28. The number of ether oxygens (including phenoxy) is 1. The molecule has 6 nitrogen and oxygen atoms in total. The fourth-order valence-electron chi connectivity index (χ4n) is 1.99. The Morgan fingerprint density at radius 1 is 1.29 bits per heavy atom. The molecular formula is C15H17N3O3. The van der Waals surface area contributed by atoms with Crippen molar-refractivity contribution in [1.29, 1.82) is 0 Å². The molecule has 110 valence electrons. The molecule has 0 unspecified atom stereocenters. The van der Waals surface area contributed by atoms with E-state index in [0.29, 0.717) is 22.5 Å². The Hall–Kier alpha value is -2.63. The zero-order valence-corrected chi connectivity index (χ0v) is 12.2. The van der Waals surface area contributed by atoms with Crippen molar-refractivity contribution < 1.29 is 14.3 Å². The number of carbonyl (C=O) groups excluding carboxylic acids is 2. The molecule has 0 aliphatic heterocycles. The van der Waals surface area contributed by atoms with Gasteiger partial charge in [-0.15, -0.1) is 0 Å². The lowest BCUT2D eigenvalue weighted by Crippen LogP contribution is -2.16. The largest absolute Gasteiger partial charge is 0.462 e. The smallest absolute Gasteiger partial charge is 0.340 e. The van der Waals surface area contributed by atoms with E-state index in [0.717, 1.165) is 0 Å². The van der Waals surface area contributed by atoms with Crippen LogP contribution < -0.4 is 5.32 Å². The van der Waals surface area contributed by atoms with E-state index in [1.54, 1.807) is 56.0 Å². The lowest BCUT2D eigenvalue weighted by molar-refractivity contribution is 0.0527. The van der Waals surface area contributed by atoms with E-state index in [1.807, 2.05) is 0 Å². The molecule has 1 aromatic carbocycles. The molecule has 1 aromatic heterocycles. The van der Waals surface area contributed by atoms with Crippen LogP contribution in [-0.4, -0.2) is 28.3 Å². The lowest BCUT2D eigenvalue weighted by Gasteiger charge is -2.09. The normalized spacial score (nSPS) is 10.2. The molecule has 0 saturated carbocycles. The number of anilines is 1. The molecule has 1 amide bonds. The van der Waals surface area contributed by atoms with Crippen LogP contribution in [0.2, 0.25) is 0 Å². The summed E-state index contributed by atoms with van der Waals surface area (Å²) in [6.45, 7) is 3.77. The van der Waals surface area contributed by atoms with E-state index in [1.165, 1.54) is 0 Å². The molecule has 0 atom stereocenters. The molecule has 0 saturated heterocycles. The van der Waals surface area contributed by atoms with E-state index < -0.39 is 5.97 Å². The minimum atomic E-state index is -0.462. The molecule has 1 N–H and O–H groups in total. The average molecular weight is 287 g/mol. The van der Waals surface area contributed by atoms with Gasteiger partial charge in [-0.2, -0.15) is 5.10 Å². The van der Waals surface area contributed by atoms with E-state index >= 15 is 0 Å². The highest BCUT2D eigenvalue weighted by Crippen LogP contribution is 2.18. The third-order valence-corrected chi connectivity index (χ3v) is 2.93. The first-order valence-corrected chi connectivity index (χ1v) is 6.60. The van der Waals surface area contributed by atoms with E-state index in [4.69, 9.17) is 4.74 Å². The number of rotatable bonds is 4. The summed E-state index contributed by atoms with van der Waals surface area (Å²) >= 11 is 0. The Labute approximate surface area is 122 Å². The number of amides is 1. The number of para-hydroxylation sites is 1. The molecule has 2 aromatic rings. The van der Waals surface area contributed by atoms with Crippen LogP contribution in [0.15, 0.2) is 30.5 Å². The molecule has 21 heavy (non-hydrogen) atoms. The monoisotopic (exact) mass is 287 g/mol. The minimum absolute atomic E-state index is 0.281. The Balaban J connectivity index is 2.25. The fraction of sp³-hybridized carbons (Fsp3) is 0.267. The van der Waals surface area contributed by atoms with Crippen molar-refractivity contribution >= 4 is 17.6 Å². The number of benzene rings is 1. The number of esters is 1. The second-order valence-corrected chi connectivity index (χ2v) is 4.52. The van der Waals surface area contributed by atoms with Gasteiger partial charge in [-0.1, -0.05) is 12.1 Å². The number of nitrogens with zero attached hydrogens (tertiary/aromatic N) is 2. The first kappa shape index (κ1) is 14.8. The van der Waals surface area contributed by atoms with Gasteiger partial charge < -0.3 is 10.1 Å². The Morgan fingerprint density at radius 3 is 2.62 bits per heavy atom. The van der Waals surface area contributed by atoms with Gasteiger partial charge >= 0.3 is 5.97 Å². The zero-order chi connectivity index (χ0) is 15.4. The molecular weight excluding hydrogens is 270 g/mol. The highest BCUT2D eigenvalue weighted by Gasteiger charge is 2.17. The number of aryl methyl sites for hydroxylation is 2. The molecule has 0 radical (unpaired) electrons. The highest BCUT2D eigenvalue weighted by molar-refractivity contribution is 6.08. The molecule has 0 spiro atoms. The van der Waals surface area contributed by atoms with Crippen molar-refractivity contribution in [2.75, 3.05) is 11.9 Å². The summed E-state index contributed by atoms with van der Waals surface area (Å²) in [5.41, 5.74) is 1.85. The quantitative estimate of drug-likeness (QED) is 0.874. The van der Waals surface area contributed by atoms with Crippen LogP contribution in [0.4, 0.5) is 5.69 Å². The molecule has 0 fully saturated rings. The Morgan fingerprint density at radius 2 is 2.00 bits per heavy atom. The van der Waals surface area contributed by atoms with Crippen molar-refractivity contribution in [2.45, 2.75) is 13.8 Å². The standard InChI is InChI=1S/C15H17N3O3/c1-4-21-15(20)11-7-5-6-8-13(11)16-14(19)12-9-18(3)17-10(12)2/h5-9H,4H2,1-3H3,(H,16,19). The molecule has 1 heterocycles. The van der Waals surface area contributed by atoms with Crippen molar-refractivity contribution in [2.24, 2.45) is 7.05 Å². The number of carbonyl (C=O) groups is 2. The van der Waals surface area contributed by atoms with Crippen molar-refractivity contribution in [1.82, 2.24) is 9.78 Å². The molecule has 6 heteroatoms. The second-order valence-electron chi connectivity index (χ2n) is 4.52. The van der Waals surface area contributed by atoms with E-state index in [9.17, 15) is 9.59 Å². The molecule has 2 rings (SSSR count). The number of hydrogen-bond donors (Lipinski definition) is 1. The van der Waals surface area contributed by atoms with Gasteiger partial charge in [-0.25, -0.2) is 4.79 Å². The molecule has 0 aliphatic carbocycles. The zero-order valence-electron chi connectivity index (χ0n) is 12.2. The maximum atomic E-state index is 12.3. The van der Waals surface area contributed by atoms with Crippen molar-refractivity contribution in [3.8, 4) is 0 Å². The highest BCUT2D eigenvalue weighted by atomic mass is 16.5. The predicted molar refractivity (Wildman–Crippen MR) is 78.3 cm³/mol. The van der Waals surface area contributed by atoms with Crippen LogP contribution in [0, 0.1) is 6.92 Å². The van der Waals surface area contributed by atoms with Gasteiger partial charge in [0.1, 0.15) is 0 Å². The average Bonchev–Trinajstić information content (AvgIpc) is 2.78. The summed E-state index contributed by atoms with van der Waals surface area (Å²) in [6.07, 6.45) is 1.64. The van der Waals surface area contributed by atoms with Gasteiger partial charge in [0.15, 0.2) is 0 Å². The Kier molecular flexibility index (Phi) is 4.37. The Bertz CT molecular complexity index is 677. The summed E-state index contributed by atoms with van der Waals surface area (Å²) in [7, 11) is 1.75. The SMILES string of the molecule is CCOC(=O)c1ccccc1NC(=O)c1cn(C)nc1C. The predicted octanol–water partition coefficient (Wildman–Crippen LogP) is 2.16. The van der Waals surface area contributed by atoms with Gasteiger partial charge in [-0.05, 0) is 26.0 Å². The summed E-state index contributed by atoms with van der Waals surface area (Å²) in [5, 5.41) is 6.85. The number of hydrogen-bond acceptors (Lipinski definition) is 4. The van der Waals surface area contributed by atoms with E-state index in [-0.39, 0.29) is 12.5 Å². The minimum Gasteiger partial charge on any atom is -0.462 e. The fourth-order valence-corrected chi connectivity index (χ4v) is 1.99. The van der Waals surface area contributed by atoms with Gasteiger partial charge in [0.25, 0.3) is 5.91 Å². The second kappa shape index (κ2) is 6.21. The molecule has 0 aliphatic rings. The maximum absolute atomic E-state index is 12.3. The lowest BCUT2D eigenvalue weighted by atomic mass is 10.1. The molecule has 0 bridgehead atoms. The van der Waals surface area contributed by atoms with Gasteiger partial charge in [-0.3, -0.25) is 9.48 Å². The summed E-state index contributed by atoms with van der Waals surface area (Å²) in [4.78, 5) is 24.1. The van der Waals surface area contributed by atoms with Crippen LogP contribution in [0.3, 0.4) is 0 Å². The van der Waals surface area contributed by atoms with Gasteiger partial charge in [0, 0.05) is 13.2 Å². The first-order chi connectivity index (χ1) is 10.0. The van der Waals surface area contributed by atoms with Gasteiger partial charge in [0.05, 0.1) is 29.1 Å². The topological polar surface area (TPSA) is 73.2 Å². The van der Waals surface area contributed by atoms with Crippen molar-refractivity contribution in [3.63, 3.8) is 0 Å². The van der Waals surface area contributed by atoms with Crippen LogP contribution in [0.5, 0.6) is 0 Å². The van der Waals surface area contributed by atoms with Crippen LogP contribution in [0.25, 0.3) is 0 Å². The van der Waals surface area contributed by atoms with E-state index in [2.05, 4.69) is 10.4 Å². The summed E-state index contributed by atoms with van der Waals surface area (Å²) in [5.74, 6) is -0.770. The van der Waals surface area contributed by atoms with Gasteiger partial charge in [0.2, 0.25) is 0 Å². The third-order valence-electron chi connectivity index (χ3n) is 2.93. The maximum Gasteiger partial charge on any atom is 0.340 e. The summed E-state index contributed by atoms with van der Waals surface area (Å²) < 4.78 is 6.55. The first-order valence-electron chi connectivity index (χ1n) is 6.60. The van der Waals surface area contributed by atoms with Crippen molar-refractivity contribution in [3.05, 3.63) is 47.3 Å².